The predicted molar refractivity (Wildman–Crippen MR) is 75.3 cm³/mol. The highest BCUT2D eigenvalue weighted by atomic mass is 16.5. The van der Waals surface area contributed by atoms with E-state index in [0.29, 0.717) is 6.61 Å². The molecule has 0 heterocycles. The number of hydrogen-bond donors (Lipinski definition) is 2. The largest absolute Gasteiger partial charge is 0.387 e. The maximum atomic E-state index is 10.0. The first-order valence-electron chi connectivity index (χ1n) is 6.30. The maximum Gasteiger partial charge on any atom is 0.0911 e. The van der Waals surface area contributed by atoms with Gasteiger partial charge < -0.3 is 15.6 Å². The van der Waals surface area contributed by atoms with Crippen molar-refractivity contribution in [1.29, 1.82) is 0 Å². The first kappa shape index (κ1) is 15.2. The molecule has 0 aliphatic heterocycles. The molecule has 3 N–H and O–H groups in total. The van der Waals surface area contributed by atoms with Crippen LogP contribution in [0, 0.1) is 0 Å². The average molecular weight is 251 g/mol. The lowest BCUT2D eigenvalue weighted by Crippen LogP contribution is -2.47. The molecule has 0 aromatic carbocycles. The van der Waals surface area contributed by atoms with Crippen molar-refractivity contribution in [2.24, 2.45) is 5.73 Å². The van der Waals surface area contributed by atoms with E-state index in [1.807, 2.05) is 26.0 Å². The van der Waals surface area contributed by atoms with Crippen molar-refractivity contribution < 1.29 is 9.84 Å². The van der Waals surface area contributed by atoms with Gasteiger partial charge in [0.15, 0.2) is 0 Å². The Morgan fingerprint density at radius 3 is 2.61 bits per heavy atom. The van der Waals surface area contributed by atoms with Crippen LogP contribution in [0.1, 0.15) is 34.1 Å². The van der Waals surface area contributed by atoms with E-state index in [-0.39, 0.29) is 6.04 Å². The molecule has 0 bridgehead atoms. The summed E-state index contributed by atoms with van der Waals surface area (Å²) in [6.45, 7) is 11.7. The summed E-state index contributed by atoms with van der Waals surface area (Å²) in [5.41, 5.74) is 6.47. The van der Waals surface area contributed by atoms with Gasteiger partial charge in [-0.15, -0.1) is 0 Å². The third-order valence-corrected chi connectivity index (χ3v) is 3.69. The van der Waals surface area contributed by atoms with Crippen molar-refractivity contribution in [2.75, 3.05) is 6.61 Å². The van der Waals surface area contributed by atoms with E-state index < -0.39 is 11.2 Å². The Morgan fingerprint density at radius 1 is 1.44 bits per heavy atom. The minimum Gasteiger partial charge on any atom is -0.387 e. The maximum absolute atomic E-state index is 10.0. The zero-order valence-electron chi connectivity index (χ0n) is 11.9. The highest BCUT2D eigenvalue weighted by molar-refractivity contribution is 5.30. The topological polar surface area (TPSA) is 55.5 Å². The summed E-state index contributed by atoms with van der Waals surface area (Å²) in [5.74, 6) is 0. The van der Waals surface area contributed by atoms with Gasteiger partial charge in [0.2, 0.25) is 0 Å². The minimum absolute atomic E-state index is 0.0824. The van der Waals surface area contributed by atoms with Gasteiger partial charge in [-0.3, -0.25) is 0 Å². The Kier molecular flexibility index (Phi) is 4.54. The molecular weight excluding hydrogens is 226 g/mol. The van der Waals surface area contributed by atoms with Crippen LogP contribution in [0.25, 0.3) is 0 Å². The fourth-order valence-electron chi connectivity index (χ4n) is 1.38. The SMILES string of the molecule is C=C1CC=C(COC(C)(C)C(C)(C)O)C=CC1N. The first-order chi connectivity index (χ1) is 8.13. The fourth-order valence-corrected chi connectivity index (χ4v) is 1.38. The molecule has 0 aromatic rings. The van der Waals surface area contributed by atoms with Gasteiger partial charge in [-0.1, -0.05) is 30.4 Å². The molecule has 0 aromatic heterocycles. The van der Waals surface area contributed by atoms with Crippen LogP contribution in [-0.2, 0) is 4.74 Å². The van der Waals surface area contributed by atoms with Crippen molar-refractivity contribution in [3.63, 3.8) is 0 Å². The number of aliphatic hydroxyl groups is 1. The summed E-state index contributed by atoms with van der Waals surface area (Å²) in [7, 11) is 0. The van der Waals surface area contributed by atoms with Gasteiger partial charge in [0, 0.05) is 6.04 Å². The van der Waals surface area contributed by atoms with Gasteiger partial charge in [-0.05, 0) is 39.7 Å². The van der Waals surface area contributed by atoms with E-state index in [9.17, 15) is 5.11 Å². The van der Waals surface area contributed by atoms with Crippen LogP contribution in [0.5, 0.6) is 0 Å². The third-order valence-electron chi connectivity index (χ3n) is 3.69. The second kappa shape index (κ2) is 5.39. The van der Waals surface area contributed by atoms with Crippen molar-refractivity contribution in [3.8, 4) is 0 Å². The highest BCUT2D eigenvalue weighted by Gasteiger charge is 2.36. The quantitative estimate of drug-likeness (QED) is 0.754. The zero-order chi connectivity index (χ0) is 14.0. The van der Waals surface area contributed by atoms with Crippen LogP contribution in [0.2, 0.25) is 0 Å². The molecule has 1 atom stereocenters. The third kappa shape index (κ3) is 3.80. The summed E-state index contributed by atoms with van der Waals surface area (Å²) in [4.78, 5) is 0. The molecule has 0 fully saturated rings. The van der Waals surface area contributed by atoms with Crippen LogP contribution >= 0.6 is 0 Å². The lowest BCUT2D eigenvalue weighted by molar-refractivity contribution is -0.141. The van der Waals surface area contributed by atoms with E-state index >= 15 is 0 Å². The van der Waals surface area contributed by atoms with Gasteiger partial charge in [0.05, 0.1) is 17.8 Å². The normalized spacial score (nSPS) is 21.8. The lowest BCUT2D eigenvalue weighted by atomic mass is 9.89. The van der Waals surface area contributed by atoms with Crippen LogP contribution in [0.4, 0.5) is 0 Å². The minimum atomic E-state index is -0.887. The molecule has 1 aliphatic rings. The van der Waals surface area contributed by atoms with Crippen LogP contribution in [0.15, 0.2) is 36.0 Å². The van der Waals surface area contributed by atoms with Gasteiger partial charge >= 0.3 is 0 Å². The summed E-state index contributed by atoms with van der Waals surface area (Å²) in [6.07, 6.45) is 6.76. The molecule has 0 spiro atoms. The number of nitrogens with two attached hydrogens (primary N) is 1. The summed E-state index contributed by atoms with van der Waals surface area (Å²) < 4.78 is 5.82. The van der Waals surface area contributed by atoms with Gasteiger partial charge in [-0.25, -0.2) is 0 Å². The van der Waals surface area contributed by atoms with Gasteiger partial charge in [-0.2, -0.15) is 0 Å². The van der Waals surface area contributed by atoms with Crippen LogP contribution in [0.3, 0.4) is 0 Å². The second-order valence-electron chi connectivity index (χ2n) is 5.88. The molecule has 0 amide bonds. The molecule has 3 nitrogen and oxygen atoms in total. The molecule has 0 saturated carbocycles. The Morgan fingerprint density at radius 2 is 2.06 bits per heavy atom. The van der Waals surface area contributed by atoms with Gasteiger partial charge in [0.25, 0.3) is 0 Å². The predicted octanol–water partition coefficient (Wildman–Crippen LogP) is 2.32. The van der Waals surface area contributed by atoms with E-state index in [1.54, 1.807) is 13.8 Å². The smallest absolute Gasteiger partial charge is 0.0911 e. The lowest BCUT2D eigenvalue weighted by Gasteiger charge is -2.37. The fraction of sp³-hybridized carbons (Fsp3) is 0.600. The van der Waals surface area contributed by atoms with Crippen LogP contribution in [-0.4, -0.2) is 29.0 Å². The Bertz CT molecular complexity index is 372. The van der Waals surface area contributed by atoms with Crippen molar-refractivity contribution >= 4 is 0 Å². The Balaban J connectivity index is 2.65. The average Bonchev–Trinajstić information content (AvgIpc) is 2.39. The molecule has 1 unspecified atom stereocenters. The van der Waals surface area contributed by atoms with E-state index in [0.717, 1.165) is 17.6 Å². The summed E-state index contributed by atoms with van der Waals surface area (Å²) in [6, 6.07) is -0.0824. The molecule has 0 saturated heterocycles. The highest BCUT2D eigenvalue weighted by Crippen LogP contribution is 2.26. The molecule has 18 heavy (non-hydrogen) atoms. The molecule has 1 aliphatic carbocycles. The van der Waals surface area contributed by atoms with E-state index in [1.165, 1.54) is 0 Å². The Hall–Kier alpha value is -0.900. The van der Waals surface area contributed by atoms with Crippen LogP contribution < -0.4 is 5.73 Å². The number of hydrogen-bond acceptors (Lipinski definition) is 3. The first-order valence-corrected chi connectivity index (χ1v) is 6.30. The van der Waals surface area contributed by atoms with Crippen molar-refractivity contribution in [2.45, 2.75) is 51.4 Å². The molecular formula is C15H25NO2. The number of allylic oxidation sites excluding steroid dienone is 1. The van der Waals surface area contributed by atoms with E-state index in [2.05, 4.69) is 12.7 Å². The molecule has 0 radical (unpaired) electrons. The van der Waals surface area contributed by atoms with Crippen molar-refractivity contribution in [1.82, 2.24) is 0 Å². The van der Waals surface area contributed by atoms with E-state index in [4.69, 9.17) is 10.5 Å². The standard InChI is InChI=1S/C15H25NO2/c1-11-6-7-12(8-9-13(11)16)10-18-15(4,5)14(2,3)17/h7-9,13,17H,1,6,10,16H2,2-5H3. The molecule has 1 rings (SSSR count). The molecule has 3 heteroatoms. The summed E-state index contributed by atoms with van der Waals surface area (Å²) in [5, 5.41) is 10.0. The number of rotatable bonds is 4. The monoisotopic (exact) mass is 251 g/mol. The Labute approximate surface area is 110 Å². The zero-order valence-corrected chi connectivity index (χ0v) is 11.9. The van der Waals surface area contributed by atoms with Gasteiger partial charge in [0.1, 0.15) is 0 Å². The van der Waals surface area contributed by atoms with Crippen molar-refractivity contribution in [3.05, 3.63) is 36.0 Å². The number of ether oxygens (including phenoxy) is 1. The molecule has 102 valence electrons. The second-order valence-corrected chi connectivity index (χ2v) is 5.88. The summed E-state index contributed by atoms with van der Waals surface area (Å²) >= 11 is 0.